The van der Waals surface area contributed by atoms with Gasteiger partial charge in [-0.3, -0.25) is 9.59 Å². The minimum atomic E-state index is -5.09. The summed E-state index contributed by atoms with van der Waals surface area (Å²) in [5.74, 6) is -1.94. The smallest absolute Gasteiger partial charge is 0.199 e. The molecule has 1 aromatic rings. The molecule has 1 N–H and O–H groups in total. The number of rotatable bonds is 5. The molecule has 0 bridgehead atoms. The molecule has 6 nitrogen and oxygen atoms in total. The molecule has 9 heteroatoms. The van der Waals surface area contributed by atoms with E-state index in [-0.39, 0.29) is 11.1 Å². The average molecular weight is 410 g/mol. The van der Waals surface area contributed by atoms with Gasteiger partial charge in [0, 0.05) is 11.1 Å². The highest BCUT2D eigenvalue weighted by atomic mass is 35.5. The molecule has 0 aliphatic heterocycles. The predicted molar refractivity (Wildman–Crippen MR) is 95.6 cm³/mol. The molecular weight excluding hydrogens is 389 g/mol. The monoisotopic (exact) mass is 409 g/mol. The molecule has 0 fully saturated rings. The third-order valence-electron chi connectivity index (χ3n) is 4.14. The zero-order valence-electron chi connectivity index (χ0n) is 14.2. The van der Waals surface area contributed by atoms with Crippen LogP contribution in [0.3, 0.4) is 0 Å². The van der Waals surface area contributed by atoms with Crippen molar-refractivity contribution in [3.8, 4) is 0 Å². The van der Waals surface area contributed by atoms with E-state index in [0.717, 1.165) is 0 Å². The summed E-state index contributed by atoms with van der Waals surface area (Å²) in [6.07, 6.45) is 0. The van der Waals surface area contributed by atoms with E-state index in [1.807, 2.05) is 0 Å². The van der Waals surface area contributed by atoms with Crippen LogP contribution in [0.5, 0.6) is 0 Å². The van der Waals surface area contributed by atoms with Crippen LogP contribution in [0, 0.1) is 0 Å². The van der Waals surface area contributed by atoms with E-state index in [2.05, 4.69) is 20.8 Å². The SMILES string of the molecule is CC[NH+](CC)CC.O=C1c2ccccc2C(=O)C1(Cl)C(Cl)S(=O)(=O)[O-]. The first-order valence-electron chi connectivity index (χ1n) is 7.85. The summed E-state index contributed by atoms with van der Waals surface area (Å²) in [7, 11) is -5.09. The molecule has 25 heavy (non-hydrogen) atoms. The van der Waals surface area contributed by atoms with Crippen LogP contribution in [-0.2, 0) is 10.1 Å². The first-order valence-corrected chi connectivity index (χ1v) is 10.1. The van der Waals surface area contributed by atoms with Gasteiger partial charge in [0.15, 0.2) is 21.1 Å². The standard InChI is InChI=1S/C10H6Cl2O5S.C6H15N/c11-9(18(15,16)17)10(12)7(13)5-3-1-2-4-6(5)8(10)14;1-4-7(5-2)6-3/h1-4,9H,(H,15,16,17);4-6H2,1-3H3. The fraction of sp³-hybridized carbons (Fsp3) is 0.500. The van der Waals surface area contributed by atoms with Crippen LogP contribution in [0.25, 0.3) is 0 Å². The summed E-state index contributed by atoms with van der Waals surface area (Å²) < 4.78 is 30.3. The van der Waals surface area contributed by atoms with Crippen LogP contribution >= 0.6 is 23.2 Å². The number of nitrogens with one attached hydrogen (secondary N) is 1. The van der Waals surface area contributed by atoms with Crippen LogP contribution < -0.4 is 4.90 Å². The third-order valence-corrected chi connectivity index (χ3v) is 6.79. The highest BCUT2D eigenvalue weighted by molar-refractivity contribution is 7.88. The molecule has 0 radical (unpaired) electrons. The number of fused-ring (bicyclic) bond motifs is 1. The summed E-state index contributed by atoms with van der Waals surface area (Å²) >= 11 is 11.2. The van der Waals surface area contributed by atoms with Crippen molar-refractivity contribution < 1.29 is 27.5 Å². The normalized spacial score (nSPS) is 17.1. The lowest BCUT2D eigenvalue weighted by atomic mass is 10.1. The number of quaternary nitrogens is 1. The molecular formula is C16H21Cl2NO5S. The maximum Gasteiger partial charge on any atom is 0.199 e. The van der Waals surface area contributed by atoms with E-state index in [1.165, 1.54) is 43.9 Å². The van der Waals surface area contributed by atoms with Gasteiger partial charge in [0.1, 0.15) is 10.1 Å². The zero-order chi connectivity index (χ0) is 19.4. The highest BCUT2D eigenvalue weighted by Crippen LogP contribution is 2.41. The fourth-order valence-electron chi connectivity index (χ4n) is 2.53. The number of hydrogen-bond donors (Lipinski definition) is 1. The molecule has 2 rings (SSSR count). The molecule has 0 aromatic heterocycles. The van der Waals surface area contributed by atoms with Gasteiger partial charge in [0.2, 0.25) is 0 Å². The molecule has 0 spiro atoms. The minimum Gasteiger partial charge on any atom is -0.747 e. The molecule has 0 saturated heterocycles. The van der Waals surface area contributed by atoms with E-state index in [4.69, 9.17) is 23.2 Å². The van der Waals surface area contributed by atoms with Crippen LogP contribution in [0.15, 0.2) is 24.3 Å². The minimum absolute atomic E-state index is 0.0354. The summed E-state index contributed by atoms with van der Waals surface area (Å²) in [5, 5.41) is 0. The van der Waals surface area contributed by atoms with Gasteiger partial charge in [-0.15, -0.1) is 11.6 Å². The molecule has 1 aliphatic rings. The molecule has 1 unspecified atom stereocenters. The van der Waals surface area contributed by atoms with Crippen molar-refractivity contribution in [1.82, 2.24) is 0 Å². The zero-order valence-corrected chi connectivity index (χ0v) is 16.5. The van der Waals surface area contributed by atoms with Gasteiger partial charge in [-0.1, -0.05) is 35.9 Å². The molecule has 1 atom stereocenters. The number of halogens is 2. The molecule has 140 valence electrons. The number of alkyl halides is 2. The Kier molecular flexibility index (Phi) is 7.58. The number of Topliss-reactive ketones (excluding diaryl/α,β-unsaturated/α-hetero) is 2. The van der Waals surface area contributed by atoms with Gasteiger partial charge in [0.05, 0.1) is 19.6 Å². The quantitative estimate of drug-likeness (QED) is 0.445. The van der Waals surface area contributed by atoms with Crippen molar-refractivity contribution in [2.45, 2.75) is 30.4 Å². The highest BCUT2D eigenvalue weighted by Gasteiger charge is 2.58. The molecule has 1 aliphatic carbocycles. The number of hydrogen-bond acceptors (Lipinski definition) is 5. The van der Waals surface area contributed by atoms with Crippen LogP contribution in [0.4, 0.5) is 0 Å². The maximum atomic E-state index is 12.0. The van der Waals surface area contributed by atoms with Gasteiger partial charge in [-0.05, 0) is 20.8 Å². The first kappa shape index (κ1) is 22.1. The lowest BCUT2D eigenvalue weighted by Crippen LogP contribution is -3.11. The topological polar surface area (TPSA) is 95.8 Å². The van der Waals surface area contributed by atoms with Gasteiger partial charge in [0.25, 0.3) is 0 Å². The Hall–Kier alpha value is -0.990. The molecule has 0 amide bonds. The molecule has 1 aromatic carbocycles. The second kappa shape index (κ2) is 8.60. The number of carbonyl (C=O) groups excluding carboxylic acids is 2. The summed E-state index contributed by atoms with van der Waals surface area (Å²) in [6, 6.07) is 5.62. The Morgan fingerprint density at radius 3 is 1.64 bits per heavy atom. The Bertz CT molecular complexity index is 706. The van der Waals surface area contributed by atoms with Crippen LogP contribution in [0.2, 0.25) is 0 Å². The van der Waals surface area contributed by atoms with E-state index < -0.39 is 31.3 Å². The van der Waals surface area contributed by atoms with Crippen molar-refractivity contribution in [3.05, 3.63) is 35.4 Å². The van der Waals surface area contributed by atoms with Crippen LogP contribution in [-0.4, -0.2) is 53.8 Å². The number of ketones is 2. The largest absolute Gasteiger partial charge is 0.747 e. The third kappa shape index (κ3) is 4.41. The summed E-state index contributed by atoms with van der Waals surface area (Å²) in [5.41, 5.74) is -0.0707. The Morgan fingerprint density at radius 1 is 1.04 bits per heavy atom. The second-order valence-corrected chi connectivity index (χ2v) is 8.28. The van der Waals surface area contributed by atoms with Crippen molar-refractivity contribution in [2.24, 2.45) is 0 Å². The maximum absolute atomic E-state index is 12.0. The Labute approximate surface area is 157 Å². The first-order chi connectivity index (χ1) is 11.5. The van der Waals surface area contributed by atoms with E-state index in [9.17, 15) is 22.6 Å². The fourth-order valence-corrected chi connectivity index (χ4v) is 3.87. The molecule has 0 saturated carbocycles. The van der Waals surface area contributed by atoms with Crippen molar-refractivity contribution in [3.63, 3.8) is 0 Å². The van der Waals surface area contributed by atoms with E-state index >= 15 is 0 Å². The number of carbonyl (C=O) groups is 2. The number of benzene rings is 1. The predicted octanol–water partition coefficient (Wildman–Crippen LogP) is 1.08. The van der Waals surface area contributed by atoms with Crippen molar-refractivity contribution in [2.75, 3.05) is 19.6 Å². The van der Waals surface area contributed by atoms with E-state index in [0.29, 0.717) is 0 Å². The van der Waals surface area contributed by atoms with Crippen LogP contribution in [0.1, 0.15) is 41.5 Å². The summed E-state index contributed by atoms with van der Waals surface area (Å²) in [6.45, 7) is 10.5. The lowest BCUT2D eigenvalue weighted by molar-refractivity contribution is -0.894. The van der Waals surface area contributed by atoms with Gasteiger partial charge in [-0.25, -0.2) is 8.42 Å². The van der Waals surface area contributed by atoms with Gasteiger partial charge in [-0.2, -0.15) is 0 Å². The summed E-state index contributed by atoms with van der Waals surface area (Å²) in [4.78, 5) is 23.1. The van der Waals surface area contributed by atoms with Crippen molar-refractivity contribution in [1.29, 1.82) is 0 Å². The van der Waals surface area contributed by atoms with Crippen molar-refractivity contribution >= 4 is 44.9 Å². The Balaban J connectivity index is 0.000000381. The van der Waals surface area contributed by atoms with E-state index in [1.54, 1.807) is 4.90 Å². The lowest BCUT2D eigenvalue weighted by Gasteiger charge is -2.25. The average Bonchev–Trinajstić information content (AvgIpc) is 2.78. The van der Waals surface area contributed by atoms with Gasteiger partial charge < -0.3 is 9.45 Å². The Morgan fingerprint density at radius 2 is 1.40 bits per heavy atom. The second-order valence-electron chi connectivity index (χ2n) is 5.54. The molecule has 0 heterocycles. The van der Waals surface area contributed by atoms with Gasteiger partial charge >= 0.3 is 0 Å².